The lowest BCUT2D eigenvalue weighted by Gasteiger charge is -1.96. The molecule has 0 fully saturated rings. The Morgan fingerprint density at radius 1 is 1.19 bits per heavy atom. The molecule has 2 aromatic rings. The Morgan fingerprint density at radius 2 is 2.00 bits per heavy atom. The molecule has 80 valence electrons. The van der Waals surface area contributed by atoms with Crippen molar-refractivity contribution in [3.05, 3.63) is 53.8 Å². The van der Waals surface area contributed by atoms with Crippen LogP contribution in [0.15, 0.2) is 52.5 Å². The summed E-state index contributed by atoms with van der Waals surface area (Å²) in [7, 11) is 0. The SMILES string of the molecule is CC1=CC(c2cc3ccccc3o2)=CC1C. The lowest BCUT2D eigenvalue weighted by molar-refractivity contribution is 0.601. The first-order valence-electron chi connectivity index (χ1n) is 5.63. The van der Waals surface area contributed by atoms with E-state index in [0.29, 0.717) is 5.92 Å². The first-order valence-corrected chi connectivity index (χ1v) is 5.63. The molecule has 0 N–H and O–H groups in total. The molecule has 1 aliphatic carbocycles. The number of furan rings is 1. The molecule has 1 atom stereocenters. The number of hydrogen-bond acceptors (Lipinski definition) is 1. The van der Waals surface area contributed by atoms with Gasteiger partial charge in [-0.05, 0) is 25.0 Å². The van der Waals surface area contributed by atoms with E-state index in [1.54, 1.807) is 0 Å². The van der Waals surface area contributed by atoms with Gasteiger partial charge in [0.2, 0.25) is 0 Å². The van der Waals surface area contributed by atoms with E-state index in [0.717, 1.165) is 11.3 Å². The van der Waals surface area contributed by atoms with Crippen LogP contribution in [0.25, 0.3) is 16.5 Å². The molecule has 0 radical (unpaired) electrons. The zero-order valence-electron chi connectivity index (χ0n) is 9.53. The Hall–Kier alpha value is -1.76. The molecule has 0 spiro atoms. The van der Waals surface area contributed by atoms with Crippen molar-refractivity contribution in [2.24, 2.45) is 5.92 Å². The van der Waals surface area contributed by atoms with E-state index in [2.05, 4.69) is 38.1 Å². The van der Waals surface area contributed by atoms with Crippen LogP contribution in [0.1, 0.15) is 19.6 Å². The number of rotatable bonds is 1. The van der Waals surface area contributed by atoms with E-state index in [9.17, 15) is 0 Å². The van der Waals surface area contributed by atoms with Crippen LogP contribution in [0, 0.1) is 5.92 Å². The average molecular weight is 210 g/mol. The highest BCUT2D eigenvalue weighted by atomic mass is 16.3. The van der Waals surface area contributed by atoms with Gasteiger partial charge in [-0.2, -0.15) is 0 Å². The van der Waals surface area contributed by atoms with Crippen molar-refractivity contribution in [3.63, 3.8) is 0 Å². The maximum Gasteiger partial charge on any atom is 0.135 e. The molecule has 1 aromatic carbocycles. The molecule has 16 heavy (non-hydrogen) atoms. The van der Waals surface area contributed by atoms with Crippen LogP contribution in [-0.4, -0.2) is 0 Å². The predicted octanol–water partition coefficient (Wildman–Crippen LogP) is 4.41. The zero-order chi connectivity index (χ0) is 11.1. The number of hydrogen-bond donors (Lipinski definition) is 0. The van der Waals surface area contributed by atoms with E-state index in [1.165, 1.54) is 16.5 Å². The molecule has 1 aliphatic rings. The molecular weight excluding hydrogens is 196 g/mol. The first-order chi connectivity index (χ1) is 7.74. The first kappa shape index (κ1) is 9.46. The van der Waals surface area contributed by atoms with Crippen molar-refractivity contribution < 1.29 is 4.42 Å². The average Bonchev–Trinajstić information content (AvgIpc) is 2.83. The van der Waals surface area contributed by atoms with E-state index in [4.69, 9.17) is 4.42 Å². The molecule has 0 amide bonds. The van der Waals surface area contributed by atoms with Gasteiger partial charge < -0.3 is 4.42 Å². The van der Waals surface area contributed by atoms with Gasteiger partial charge in [-0.25, -0.2) is 0 Å². The van der Waals surface area contributed by atoms with E-state index in [1.807, 2.05) is 18.2 Å². The van der Waals surface area contributed by atoms with E-state index < -0.39 is 0 Å². The summed E-state index contributed by atoms with van der Waals surface area (Å²) in [5, 5.41) is 1.17. The van der Waals surface area contributed by atoms with Crippen LogP contribution in [-0.2, 0) is 0 Å². The largest absolute Gasteiger partial charge is 0.456 e. The van der Waals surface area contributed by atoms with Crippen molar-refractivity contribution >= 4 is 16.5 Å². The lowest BCUT2D eigenvalue weighted by atomic mass is 10.1. The fourth-order valence-electron chi connectivity index (χ4n) is 2.10. The quantitative estimate of drug-likeness (QED) is 0.679. The van der Waals surface area contributed by atoms with Crippen molar-refractivity contribution in [2.75, 3.05) is 0 Å². The molecule has 1 heteroatoms. The summed E-state index contributed by atoms with van der Waals surface area (Å²) in [6.45, 7) is 4.37. The summed E-state index contributed by atoms with van der Waals surface area (Å²) >= 11 is 0. The number of benzene rings is 1. The minimum atomic E-state index is 0.531. The fraction of sp³-hybridized carbons (Fsp3) is 0.200. The third kappa shape index (κ3) is 1.40. The second-order valence-electron chi connectivity index (χ2n) is 4.45. The summed E-state index contributed by atoms with van der Waals surface area (Å²) in [5.74, 6) is 1.51. The van der Waals surface area contributed by atoms with Gasteiger partial charge in [0.1, 0.15) is 11.3 Å². The molecular formula is C15H14O. The third-order valence-corrected chi connectivity index (χ3v) is 3.24. The Balaban J connectivity index is 2.11. The monoisotopic (exact) mass is 210 g/mol. The Morgan fingerprint density at radius 3 is 2.69 bits per heavy atom. The smallest absolute Gasteiger partial charge is 0.135 e. The topological polar surface area (TPSA) is 13.1 Å². The van der Waals surface area contributed by atoms with Gasteiger partial charge in [-0.15, -0.1) is 0 Å². The minimum absolute atomic E-state index is 0.531. The van der Waals surface area contributed by atoms with Gasteiger partial charge in [0.05, 0.1) is 0 Å². The Bertz CT molecular complexity index is 566. The predicted molar refractivity (Wildman–Crippen MR) is 67.1 cm³/mol. The molecule has 0 aliphatic heterocycles. The second kappa shape index (κ2) is 3.38. The molecule has 0 saturated heterocycles. The van der Waals surface area contributed by atoms with E-state index in [-0.39, 0.29) is 0 Å². The van der Waals surface area contributed by atoms with Crippen LogP contribution in [0.2, 0.25) is 0 Å². The van der Waals surface area contributed by atoms with Crippen molar-refractivity contribution in [1.82, 2.24) is 0 Å². The number of fused-ring (bicyclic) bond motifs is 1. The van der Waals surface area contributed by atoms with Gasteiger partial charge in [0, 0.05) is 11.0 Å². The van der Waals surface area contributed by atoms with Crippen LogP contribution in [0.4, 0.5) is 0 Å². The van der Waals surface area contributed by atoms with Crippen molar-refractivity contribution in [1.29, 1.82) is 0 Å². The number of para-hydroxylation sites is 1. The maximum absolute atomic E-state index is 5.84. The maximum atomic E-state index is 5.84. The van der Waals surface area contributed by atoms with Gasteiger partial charge in [-0.3, -0.25) is 0 Å². The van der Waals surface area contributed by atoms with Crippen LogP contribution >= 0.6 is 0 Å². The molecule has 1 nitrogen and oxygen atoms in total. The molecule has 1 heterocycles. The zero-order valence-corrected chi connectivity index (χ0v) is 9.53. The summed E-state index contributed by atoms with van der Waals surface area (Å²) < 4.78 is 5.84. The highest BCUT2D eigenvalue weighted by molar-refractivity contribution is 5.85. The normalized spacial score (nSPS) is 20.0. The third-order valence-electron chi connectivity index (χ3n) is 3.24. The van der Waals surface area contributed by atoms with Crippen LogP contribution < -0.4 is 0 Å². The molecule has 1 unspecified atom stereocenters. The molecule has 3 rings (SSSR count). The van der Waals surface area contributed by atoms with Gasteiger partial charge >= 0.3 is 0 Å². The van der Waals surface area contributed by atoms with E-state index >= 15 is 0 Å². The lowest BCUT2D eigenvalue weighted by Crippen LogP contribution is -1.83. The Labute approximate surface area is 95.1 Å². The van der Waals surface area contributed by atoms with Crippen molar-refractivity contribution in [3.8, 4) is 0 Å². The summed E-state index contributed by atoms with van der Waals surface area (Å²) in [5.41, 5.74) is 3.57. The minimum Gasteiger partial charge on any atom is -0.456 e. The summed E-state index contributed by atoms with van der Waals surface area (Å²) in [6.07, 6.45) is 4.47. The van der Waals surface area contributed by atoms with Gasteiger partial charge in [0.25, 0.3) is 0 Å². The van der Waals surface area contributed by atoms with Crippen LogP contribution in [0.5, 0.6) is 0 Å². The highest BCUT2D eigenvalue weighted by Gasteiger charge is 2.15. The molecule has 1 aromatic heterocycles. The van der Waals surface area contributed by atoms with Gasteiger partial charge in [0.15, 0.2) is 0 Å². The number of allylic oxidation sites excluding steroid dienone is 4. The molecule has 0 bridgehead atoms. The highest BCUT2D eigenvalue weighted by Crippen LogP contribution is 2.32. The standard InChI is InChI=1S/C15H14O/c1-10-7-13(8-11(10)2)15-9-12-5-3-4-6-14(12)16-15/h3-10H,1-2H3. The summed E-state index contributed by atoms with van der Waals surface area (Å²) in [6, 6.07) is 10.2. The second-order valence-corrected chi connectivity index (χ2v) is 4.45. The summed E-state index contributed by atoms with van der Waals surface area (Å²) in [4.78, 5) is 0. The van der Waals surface area contributed by atoms with Crippen molar-refractivity contribution in [2.45, 2.75) is 13.8 Å². The van der Waals surface area contributed by atoms with Gasteiger partial charge in [-0.1, -0.05) is 42.8 Å². The molecule has 0 saturated carbocycles. The fourth-order valence-corrected chi connectivity index (χ4v) is 2.10. The van der Waals surface area contributed by atoms with Crippen LogP contribution in [0.3, 0.4) is 0 Å². The Kier molecular flexibility index (Phi) is 2.00.